The lowest BCUT2D eigenvalue weighted by Crippen LogP contribution is -2.29. The molecule has 118 valence electrons. The van der Waals surface area contributed by atoms with Crippen molar-refractivity contribution in [3.8, 4) is 0 Å². The molecule has 2 rings (SSSR count). The Kier molecular flexibility index (Phi) is 6.53. The first kappa shape index (κ1) is 16.3. The molecule has 1 aromatic heterocycles. The quantitative estimate of drug-likeness (QED) is 0.741. The lowest BCUT2D eigenvalue weighted by atomic mass is 10.4. The highest BCUT2D eigenvalue weighted by molar-refractivity contribution is 8.00. The molecular weight excluding hydrogens is 290 g/mol. The lowest BCUT2D eigenvalue weighted by Gasteiger charge is -2.15. The second-order valence-electron chi connectivity index (χ2n) is 4.86. The Balaban J connectivity index is 1.92. The molecule has 7 heteroatoms. The van der Waals surface area contributed by atoms with Crippen molar-refractivity contribution in [2.45, 2.75) is 38.4 Å². The van der Waals surface area contributed by atoms with Gasteiger partial charge < -0.3 is 14.8 Å². The first-order valence-electron chi connectivity index (χ1n) is 7.42. The van der Waals surface area contributed by atoms with Gasteiger partial charge in [0.25, 0.3) is 0 Å². The Morgan fingerprint density at radius 3 is 3.10 bits per heavy atom. The first-order chi connectivity index (χ1) is 10.2. The number of aromatic nitrogens is 2. The molecule has 0 saturated carbocycles. The third kappa shape index (κ3) is 4.72. The van der Waals surface area contributed by atoms with Crippen LogP contribution in [0.1, 0.15) is 32.9 Å². The molecule has 0 radical (unpaired) electrons. The number of nitrogens with one attached hydrogen (secondary N) is 1. The maximum atomic E-state index is 12.0. The molecule has 0 amide bonds. The van der Waals surface area contributed by atoms with Crippen LogP contribution in [0.15, 0.2) is 17.1 Å². The Bertz CT molecular complexity index is 495. The third-order valence-corrected chi connectivity index (χ3v) is 4.13. The summed E-state index contributed by atoms with van der Waals surface area (Å²) in [7, 11) is 0. The SMILES string of the molecule is CCCNc1ccn([C@@H]2CSC(COCCC)O2)c(=O)n1. The van der Waals surface area contributed by atoms with E-state index in [1.165, 1.54) is 0 Å². The van der Waals surface area contributed by atoms with Gasteiger partial charge in [-0.25, -0.2) is 4.79 Å². The summed E-state index contributed by atoms with van der Waals surface area (Å²) in [6, 6.07) is 1.81. The molecule has 1 unspecified atom stereocenters. The average molecular weight is 313 g/mol. The van der Waals surface area contributed by atoms with Gasteiger partial charge in [0.2, 0.25) is 0 Å². The third-order valence-electron chi connectivity index (χ3n) is 3.03. The van der Waals surface area contributed by atoms with Crippen LogP contribution in [0.4, 0.5) is 5.82 Å². The topological polar surface area (TPSA) is 65.4 Å². The number of ether oxygens (including phenoxy) is 2. The van der Waals surface area contributed by atoms with E-state index in [0.29, 0.717) is 12.4 Å². The van der Waals surface area contributed by atoms with Crippen molar-refractivity contribution in [1.29, 1.82) is 0 Å². The molecule has 1 fully saturated rings. The normalized spacial score (nSPS) is 21.6. The zero-order valence-corrected chi connectivity index (χ0v) is 13.4. The Morgan fingerprint density at radius 1 is 1.52 bits per heavy atom. The number of nitrogens with zero attached hydrogens (tertiary/aromatic N) is 2. The van der Waals surface area contributed by atoms with Gasteiger partial charge in [0.15, 0.2) is 0 Å². The molecule has 1 aliphatic rings. The van der Waals surface area contributed by atoms with Gasteiger partial charge in [-0.1, -0.05) is 13.8 Å². The molecule has 1 N–H and O–H groups in total. The summed E-state index contributed by atoms with van der Waals surface area (Å²) in [5.41, 5.74) is -0.289. The van der Waals surface area contributed by atoms with E-state index in [0.717, 1.165) is 31.7 Å². The van der Waals surface area contributed by atoms with E-state index in [-0.39, 0.29) is 17.4 Å². The van der Waals surface area contributed by atoms with E-state index in [2.05, 4.69) is 24.1 Å². The van der Waals surface area contributed by atoms with E-state index in [1.54, 1.807) is 22.5 Å². The number of hydrogen-bond acceptors (Lipinski definition) is 6. The minimum absolute atomic E-state index is 0.00802. The van der Waals surface area contributed by atoms with Crippen LogP contribution in [0.25, 0.3) is 0 Å². The van der Waals surface area contributed by atoms with Crippen LogP contribution in [0.5, 0.6) is 0 Å². The van der Waals surface area contributed by atoms with Crippen molar-refractivity contribution < 1.29 is 9.47 Å². The molecule has 0 aliphatic carbocycles. The molecule has 6 nitrogen and oxygen atoms in total. The predicted molar refractivity (Wildman–Crippen MR) is 84.8 cm³/mol. The van der Waals surface area contributed by atoms with Crippen molar-refractivity contribution >= 4 is 17.6 Å². The van der Waals surface area contributed by atoms with Crippen LogP contribution in [-0.2, 0) is 9.47 Å². The van der Waals surface area contributed by atoms with Gasteiger partial charge in [0.05, 0.1) is 6.61 Å². The summed E-state index contributed by atoms with van der Waals surface area (Å²) in [5.74, 6) is 1.36. The maximum absolute atomic E-state index is 12.0. The van der Waals surface area contributed by atoms with E-state index >= 15 is 0 Å². The van der Waals surface area contributed by atoms with Gasteiger partial charge in [0, 0.05) is 25.1 Å². The Labute approximate surface area is 129 Å². The number of hydrogen-bond donors (Lipinski definition) is 1. The van der Waals surface area contributed by atoms with Gasteiger partial charge in [-0.15, -0.1) is 11.8 Å². The molecule has 2 heterocycles. The molecule has 21 heavy (non-hydrogen) atoms. The zero-order chi connectivity index (χ0) is 15.1. The fraction of sp³-hybridized carbons (Fsp3) is 0.714. The minimum Gasteiger partial charge on any atom is -0.378 e. The summed E-state index contributed by atoms with van der Waals surface area (Å²) >= 11 is 1.67. The highest BCUT2D eigenvalue weighted by atomic mass is 32.2. The lowest BCUT2D eigenvalue weighted by molar-refractivity contribution is -0.0245. The summed E-state index contributed by atoms with van der Waals surface area (Å²) in [5, 5.41) is 3.11. The number of anilines is 1. The van der Waals surface area contributed by atoms with E-state index in [1.807, 2.05) is 6.07 Å². The fourth-order valence-electron chi connectivity index (χ4n) is 1.98. The molecule has 0 aromatic carbocycles. The predicted octanol–water partition coefficient (Wildman–Crippen LogP) is 2.08. The standard InChI is InChI=1S/C14H23N3O3S/c1-3-6-15-11-5-7-17(14(18)16-11)12-10-21-13(20-12)9-19-8-4-2/h5,7,12-13H,3-4,6,8-10H2,1-2H3,(H,15,16,18)/t12-,13?/m0/s1. The second-order valence-corrected chi connectivity index (χ2v) is 6.05. The Morgan fingerprint density at radius 2 is 2.38 bits per heavy atom. The van der Waals surface area contributed by atoms with Crippen LogP contribution in [-0.4, -0.2) is 40.5 Å². The van der Waals surface area contributed by atoms with Gasteiger partial charge in [-0.05, 0) is 18.9 Å². The average Bonchev–Trinajstić information content (AvgIpc) is 2.94. The first-order valence-corrected chi connectivity index (χ1v) is 8.47. The molecule has 2 atom stereocenters. The van der Waals surface area contributed by atoms with Crippen LogP contribution >= 0.6 is 11.8 Å². The molecule has 0 bridgehead atoms. The molecular formula is C14H23N3O3S. The zero-order valence-electron chi connectivity index (χ0n) is 12.6. The highest BCUT2D eigenvalue weighted by Crippen LogP contribution is 2.31. The van der Waals surface area contributed by atoms with Crippen LogP contribution in [0.2, 0.25) is 0 Å². The highest BCUT2D eigenvalue weighted by Gasteiger charge is 2.28. The molecule has 0 spiro atoms. The molecule has 1 aliphatic heterocycles. The van der Waals surface area contributed by atoms with Crippen molar-refractivity contribution in [1.82, 2.24) is 9.55 Å². The van der Waals surface area contributed by atoms with Crippen molar-refractivity contribution in [2.75, 3.05) is 30.8 Å². The summed E-state index contributed by atoms with van der Waals surface area (Å²) < 4.78 is 12.9. The van der Waals surface area contributed by atoms with Crippen LogP contribution in [0, 0.1) is 0 Å². The summed E-state index contributed by atoms with van der Waals surface area (Å²) in [6.45, 7) is 6.25. The largest absolute Gasteiger partial charge is 0.378 e. The maximum Gasteiger partial charge on any atom is 0.351 e. The van der Waals surface area contributed by atoms with Gasteiger partial charge in [0.1, 0.15) is 17.5 Å². The number of rotatable bonds is 8. The van der Waals surface area contributed by atoms with Gasteiger partial charge >= 0.3 is 5.69 Å². The molecule has 1 saturated heterocycles. The van der Waals surface area contributed by atoms with Gasteiger partial charge in [-0.3, -0.25) is 4.57 Å². The second kappa shape index (κ2) is 8.41. The van der Waals surface area contributed by atoms with Crippen molar-refractivity contribution in [3.63, 3.8) is 0 Å². The minimum atomic E-state index is -0.281. The smallest absolute Gasteiger partial charge is 0.351 e. The molecule has 1 aromatic rings. The van der Waals surface area contributed by atoms with E-state index in [4.69, 9.17) is 9.47 Å². The van der Waals surface area contributed by atoms with E-state index < -0.39 is 0 Å². The monoisotopic (exact) mass is 313 g/mol. The summed E-state index contributed by atoms with van der Waals surface area (Å²) in [6.07, 6.45) is 3.47. The van der Waals surface area contributed by atoms with Crippen LogP contribution in [0.3, 0.4) is 0 Å². The van der Waals surface area contributed by atoms with Crippen LogP contribution < -0.4 is 11.0 Å². The Hall–Kier alpha value is -1.05. The van der Waals surface area contributed by atoms with Gasteiger partial charge in [-0.2, -0.15) is 4.98 Å². The fourth-order valence-corrected chi connectivity index (χ4v) is 3.00. The number of thioether (sulfide) groups is 1. The van der Waals surface area contributed by atoms with Crippen molar-refractivity contribution in [3.05, 3.63) is 22.7 Å². The van der Waals surface area contributed by atoms with Crippen molar-refractivity contribution in [2.24, 2.45) is 0 Å². The van der Waals surface area contributed by atoms with E-state index in [9.17, 15) is 4.79 Å². The summed E-state index contributed by atoms with van der Waals surface area (Å²) in [4.78, 5) is 16.1.